The van der Waals surface area contributed by atoms with Gasteiger partial charge >= 0.3 is 12.1 Å². The Kier molecular flexibility index (Phi) is 8.25. The molecule has 3 rings (SSSR count). The molecule has 0 aliphatic rings. The summed E-state index contributed by atoms with van der Waals surface area (Å²) in [4.78, 5) is 0. The molecule has 0 unspecified atom stereocenters. The average molecular weight is 463 g/mol. The van der Waals surface area contributed by atoms with E-state index >= 15 is 0 Å². The van der Waals surface area contributed by atoms with Crippen LogP contribution < -0.4 is 0 Å². The van der Waals surface area contributed by atoms with E-state index in [2.05, 4.69) is 0 Å². The predicted molar refractivity (Wildman–Crippen MR) is 119 cm³/mol. The molecule has 33 heavy (non-hydrogen) atoms. The zero-order chi connectivity index (χ0) is 23.8. The number of rotatable bonds is 11. The molecule has 0 saturated carbocycles. The lowest BCUT2D eigenvalue weighted by Crippen LogP contribution is -2.36. The van der Waals surface area contributed by atoms with Crippen LogP contribution in [0.1, 0.15) is 48.8 Å². The summed E-state index contributed by atoms with van der Waals surface area (Å²) in [6.07, 6.45) is -5.53. The average Bonchev–Trinajstić information content (AvgIpc) is 2.82. The molecule has 0 bridgehead atoms. The maximum atomic E-state index is 13.1. The first-order valence-corrected chi connectivity index (χ1v) is 11.0. The van der Waals surface area contributed by atoms with Crippen LogP contribution in [0.25, 0.3) is 0 Å². The van der Waals surface area contributed by atoms with Crippen LogP contribution >= 0.6 is 0 Å². The fourth-order valence-electron chi connectivity index (χ4n) is 3.94. The molecule has 0 amide bonds. The highest BCUT2D eigenvalue weighted by molar-refractivity contribution is 5.47. The Morgan fingerprint density at radius 2 is 0.909 bits per heavy atom. The van der Waals surface area contributed by atoms with Crippen molar-refractivity contribution in [2.45, 2.75) is 49.8 Å². The monoisotopic (exact) mass is 462 g/mol. The maximum Gasteiger partial charge on any atom is 0.453 e. The molecule has 6 heteroatoms. The van der Waals surface area contributed by atoms with E-state index in [9.17, 15) is 22.0 Å². The minimum atomic E-state index is -5.49. The fraction of sp³-hybridized carbons (Fsp3) is 0.333. The highest BCUT2D eigenvalue weighted by Crippen LogP contribution is 2.41. The van der Waals surface area contributed by atoms with Crippen molar-refractivity contribution in [3.8, 4) is 0 Å². The summed E-state index contributed by atoms with van der Waals surface area (Å²) >= 11 is 0. The van der Waals surface area contributed by atoms with E-state index in [1.54, 1.807) is 0 Å². The van der Waals surface area contributed by atoms with Crippen LogP contribution in [-0.2, 0) is 10.3 Å². The summed E-state index contributed by atoms with van der Waals surface area (Å²) in [6, 6.07) is 29.5. The second-order valence-corrected chi connectivity index (χ2v) is 7.99. The van der Waals surface area contributed by atoms with E-state index in [0.29, 0.717) is 19.4 Å². The zero-order valence-electron chi connectivity index (χ0n) is 18.2. The first kappa shape index (κ1) is 24.9. The molecule has 0 atom stereocenters. The summed E-state index contributed by atoms with van der Waals surface area (Å²) in [5.41, 5.74) is 1.99. The standard InChI is InChI=1S/C27H27F5O/c28-25(29,27(30,31)32)20-12-1-2-13-21-33-26(22-14-6-3-7-15-22,23-16-8-4-9-17-23)24-18-10-5-11-19-24/h3-11,14-19H,1-2,12-13,20-21H2. The van der Waals surface area contributed by atoms with E-state index in [0.717, 1.165) is 16.7 Å². The van der Waals surface area contributed by atoms with Gasteiger partial charge in [0.25, 0.3) is 0 Å². The number of ether oxygens (including phenoxy) is 1. The molecule has 1 nitrogen and oxygen atoms in total. The predicted octanol–water partition coefficient (Wildman–Crippen LogP) is 8.14. The van der Waals surface area contributed by atoms with Gasteiger partial charge in [0.15, 0.2) is 0 Å². The largest absolute Gasteiger partial charge is 0.453 e. The normalized spacial score (nSPS) is 12.6. The summed E-state index contributed by atoms with van der Waals surface area (Å²) in [7, 11) is 0. The van der Waals surface area contributed by atoms with Gasteiger partial charge in [-0.1, -0.05) is 104 Å². The molecule has 0 heterocycles. The molecule has 0 aliphatic heterocycles. The van der Waals surface area contributed by atoms with Gasteiger partial charge in [-0.2, -0.15) is 22.0 Å². The topological polar surface area (TPSA) is 9.23 Å². The summed E-state index contributed by atoms with van der Waals surface area (Å²) in [5, 5.41) is 0. The Morgan fingerprint density at radius 3 is 1.30 bits per heavy atom. The number of halogens is 5. The lowest BCUT2D eigenvalue weighted by molar-refractivity contribution is -0.284. The van der Waals surface area contributed by atoms with Gasteiger partial charge < -0.3 is 4.74 Å². The van der Waals surface area contributed by atoms with Crippen LogP contribution in [0.3, 0.4) is 0 Å². The van der Waals surface area contributed by atoms with Crippen LogP contribution in [-0.4, -0.2) is 18.7 Å². The first-order valence-electron chi connectivity index (χ1n) is 11.0. The van der Waals surface area contributed by atoms with Gasteiger partial charge in [-0.05, 0) is 29.5 Å². The third-order valence-electron chi connectivity index (χ3n) is 5.66. The molecule has 0 aromatic heterocycles. The van der Waals surface area contributed by atoms with Crippen LogP contribution in [0.5, 0.6) is 0 Å². The highest BCUT2D eigenvalue weighted by atomic mass is 19.4. The van der Waals surface area contributed by atoms with Crippen molar-refractivity contribution in [1.82, 2.24) is 0 Å². The third-order valence-corrected chi connectivity index (χ3v) is 5.66. The van der Waals surface area contributed by atoms with Gasteiger partial charge in [-0.15, -0.1) is 0 Å². The quantitative estimate of drug-likeness (QED) is 0.159. The van der Waals surface area contributed by atoms with Crippen molar-refractivity contribution in [3.05, 3.63) is 108 Å². The Morgan fingerprint density at radius 1 is 0.515 bits per heavy atom. The van der Waals surface area contributed by atoms with Crippen LogP contribution in [0.4, 0.5) is 22.0 Å². The number of alkyl halides is 5. The van der Waals surface area contributed by atoms with Gasteiger partial charge in [0.05, 0.1) is 0 Å². The zero-order valence-corrected chi connectivity index (χ0v) is 18.2. The highest BCUT2D eigenvalue weighted by Gasteiger charge is 2.56. The third kappa shape index (κ3) is 5.99. The van der Waals surface area contributed by atoms with Gasteiger partial charge in [-0.3, -0.25) is 0 Å². The lowest BCUT2D eigenvalue weighted by Gasteiger charge is -2.36. The van der Waals surface area contributed by atoms with E-state index in [1.165, 1.54) is 0 Å². The van der Waals surface area contributed by atoms with Crippen molar-refractivity contribution in [2.75, 3.05) is 6.61 Å². The molecular weight excluding hydrogens is 435 g/mol. The summed E-state index contributed by atoms with van der Waals surface area (Å²) in [6.45, 7) is 0.328. The van der Waals surface area contributed by atoms with Crippen molar-refractivity contribution in [3.63, 3.8) is 0 Å². The van der Waals surface area contributed by atoms with E-state index in [-0.39, 0.29) is 12.8 Å². The van der Waals surface area contributed by atoms with Crippen molar-refractivity contribution < 1.29 is 26.7 Å². The van der Waals surface area contributed by atoms with Gasteiger partial charge in [0.2, 0.25) is 0 Å². The lowest BCUT2D eigenvalue weighted by atomic mass is 9.80. The molecule has 0 spiro atoms. The Hall–Kier alpha value is -2.73. The van der Waals surface area contributed by atoms with Gasteiger partial charge in [0, 0.05) is 13.0 Å². The molecule has 0 radical (unpaired) electrons. The van der Waals surface area contributed by atoms with E-state index in [1.807, 2.05) is 91.0 Å². The van der Waals surface area contributed by atoms with Crippen LogP contribution in [0, 0.1) is 0 Å². The van der Waals surface area contributed by atoms with Gasteiger partial charge in [-0.25, -0.2) is 0 Å². The van der Waals surface area contributed by atoms with Crippen molar-refractivity contribution >= 4 is 0 Å². The van der Waals surface area contributed by atoms with E-state index < -0.39 is 24.1 Å². The van der Waals surface area contributed by atoms with Gasteiger partial charge in [0.1, 0.15) is 5.60 Å². The van der Waals surface area contributed by atoms with E-state index in [4.69, 9.17) is 4.74 Å². The Bertz CT molecular complexity index is 859. The number of benzene rings is 3. The molecule has 3 aromatic carbocycles. The molecule has 3 aromatic rings. The van der Waals surface area contributed by atoms with Crippen LogP contribution in [0.2, 0.25) is 0 Å². The number of unbranched alkanes of at least 4 members (excludes halogenated alkanes) is 3. The van der Waals surface area contributed by atoms with Crippen molar-refractivity contribution in [1.29, 1.82) is 0 Å². The SMILES string of the molecule is FC(F)(F)C(F)(F)CCCCCCOC(c1ccccc1)(c1ccccc1)c1ccccc1. The first-order chi connectivity index (χ1) is 15.8. The molecule has 0 aliphatic carbocycles. The molecule has 0 fully saturated rings. The number of hydrogen-bond acceptors (Lipinski definition) is 1. The molecule has 0 saturated heterocycles. The smallest absolute Gasteiger partial charge is 0.361 e. The molecular formula is C27H27F5O. The van der Waals surface area contributed by atoms with Crippen molar-refractivity contribution in [2.24, 2.45) is 0 Å². The molecule has 176 valence electrons. The second kappa shape index (κ2) is 10.9. The maximum absolute atomic E-state index is 13.1. The minimum absolute atomic E-state index is 0.187. The minimum Gasteiger partial charge on any atom is -0.361 e. The Labute approximate surface area is 191 Å². The molecule has 0 N–H and O–H groups in total. The number of hydrogen-bond donors (Lipinski definition) is 0. The second-order valence-electron chi connectivity index (χ2n) is 7.99. The Balaban J connectivity index is 1.73. The summed E-state index contributed by atoms with van der Waals surface area (Å²) in [5.74, 6) is -4.63. The fourth-order valence-corrected chi connectivity index (χ4v) is 3.94. The summed E-state index contributed by atoms with van der Waals surface area (Å²) < 4.78 is 69.6. The van der Waals surface area contributed by atoms with Crippen LogP contribution in [0.15, 0.2) is 91.0 Å².